The molecule has 17 heavy (non-hydrogen) atoms. The molecule has 94 valence electrons. The fourth-order valence-electron chi connectivity index (χ4n) is 1.65. The van der Waals surface area contributed by atoms with Crippen molar-refractivity contribution < 1.29 is 9.53 Å². The third kappa shape index (κ3) is 5.08. The van der Waals surface area contributed by atoms with Gasteiger partial charge in [-0.3, -0.25) is 4.79 Å². The van der Waals surface area contributed by atoms with E-state index in [0.717, 1.165) is 6.54 Å². The van der Waals surface area contributed by atoms with Gasteiger partial charge in [0.2, 0.25) is 0 Å². The number of carbonyl (C=O) groups is 1. The number of nitrogens with zero attached hydrogens (tertiary/aromatic N) is 1. The second kappa shape index (κ2) is 7.17. The Hall–Kier alpha value is -1.23. The minimum atomic E-state index is -0.483. The molecule has 1 aromatic carbocycles. The van der Waals surface area contributed by atoms with Crippen molar-refractivity contribution in [2.45, 2.75) is 12.6 Å². The summed E-state index contributed by atoms with van der Waals surface area (Å²) >= 11 is 0. The molecule has 0 aliphatic rings. The number of rotatable bonds is 7. The van der Waals surface area contributed by atoms with Gasteiger partial charge in [-0.15, -0.1) is 0 Å². The first-order valence-corrected chi connectivity index (χ1v) is 5.63. The summed E-state index contributed by atoms with van der Waals surface area (Å²) in [4.78, 5) is 13.5. The zero-order chi connectivity index (χ0) is 12.7. The maximum Gasteiger partial charge on any atom is 0.176 e. The molecule has 1 rings (SSSR count). The molecule has 1 atom stereocenters. The van der Waals surface area contributed by atoms with Gasteiger partial charge in [-0.05, 0) is 12.6 Å². The Morgan fingerprint density at radius 3 is 2.65 bits per heavy atom. The van der Waals surface area contributed by atoms with Gasteiger partial charge in [0, 0.05) is 20.2 Å². The Labute approximate surface area is 102 Å². The molecule has 2 N–H and O–H groups in total. The summed E-state index contributed by atoms with van der Waals surface area (Å²) in [5, 5.41) is 0. The number of ether oxygens (including phenoxy) is 1. The van der Waals surface area contributed by atoms with Crippen molar-refractivity contribution in [3.8, 4) is 0 Å². The van der Waals surface area contributed by atoms with Crippen molar-refractivity contribution >= 4 is 5.78 Å². The van der Waals surface area contributed by atoms with Crippen molar-refractivity contribution in [2.75, 3.05) is 27.3 Å². The van der Waals surface area contributed by atoms with Crippen LogP contribution in [0.15, 0.2) is 30.3 Å². The van der Waals surface area contributed by atoms with Crippen LogP contribution in [0.4, 0.5) is 0 Å². The van der Waals surface area contributed by atoms with Gasteiger partial charge in [0.25, 0.3) is 0 Å². The molecule has 0 fully saturated rings. The molecule has 0 aromatic heterocycles. The van der Waals surface area contributed by atoms with Crippen LogP contribution in [0.1, 0.15) is 5.56 Å². The van der Waals surface area contributed by atoms with Crippen LogP contribution >= 0.6 is 0 Å². The standard InChI is InChI=1S/C13H20N2O2/c1-15(8-11-6-4-3-5-7-11)9-12(14)13(16)10-17-2/h3-7,12H,8-10,14H2,1-2H3. The fourth-order valence-corrected chi connectivity index (χ4v) is 1.65. The van der Waals surface area contributed by atoms with E-state index in [-0.39, 0.29) is 12.4 Å². The number of carbonyl (C=O) groups excluding carboxylic acids is 1. The van der Waals surface area contributed by atoms with Crippen molar-refractivity contribution in [3.05, 3.63) is 35.9 Å². The summed E-state index contributed by atoms with van der Waals surface area (Å²) in [5.41, 5.74) is 7.00. The Morgan fingerprint density at radius 1 is 1.41 bits per heavy atom. The monoisotopic (exact) mass is 236 g/mol. The average molecular weight is 236 g/mol. The van der Waals surface area contributed by atoms with E-state index in [2.05, 4.69) is 12.1 Å². The fraction of sp³-hybridized carbons (Fsp3) is 0.462. The van der Waals surface area contributed by atoms with Gasteiger partial charge >= 0.3 is 0 Å². The largest absolute Gasteiger partial charge is 0.377 e. The lowest BCUT2D eigenvalue weighted by molar-refractivity contribution is -0.124. The second-order valence-corrected chi connectivity index (χ2v) is 4.19. The number of hydrogen-bond donors (Lipinski definition) is 1. The molecule has 0 spiro atoms. The van der Waals surface area contributed by atoms with E-state index in [0.29, 0.717) is 6.54 Å². The highest BCUT2D eigenvalue weighted by Gasteiger charge is 2.15. The maximum absolute atomic E-state index is 11.5. The second-order valence-electron chi connectivity index (χ2n) is 4.19. The lowest BCUT2D eigenvalue weighted by Gasteiger charge is -2.20. The number of ketones is 1. The van der Waals surface area contributed by atoms with Crippen LogP contribution in [-0.4, -0.2) is 44.0 Å². The molecule has 0 bridgehead atoms. The zero-order valence-electron chi connectivity index (χ0n) is 10.4. The normalized spacial score (nSPS) is 12.7. The van der Waals surface area contributed by atoms with Crippen LogP contribution in [0.3, 0.4) is 0 Å². The van der Waals surface area contributed by atoms with Crippen LogP contribution in [-0.2, 0) is 16.1 Å². The Kier molecular flexibility index (Phi) is 5.83. The number of likely N-dealkylation sites (N-methyl/N-ethyl adjacent to an activating group) is 1. The van der Waals surface area contributed by atoms with Gasteiger partial charge in [-0.25, -0.2) is 0 Å². The number of Topliss-reactive ketones (excluding diaryl/α,β-unsaturated/α-hetero) is 1. The maximum atomic E-state index is 11.5. The van der Waals surface area contributed by atoms with E-state index in [4.69, 9.17) is 10.5 Å². The number of benzene rings is 1. The molecule has 0 radical (unpaired) electrons. The molecule has 0 saturated carbocycles. The molecule has 4 nitrogen and oxygen atoms in total. The van der Waals surface area contributed by atoms with E-state index in [1.165, 1.54) is 12.7 Å². The smallest absolute Gasteiger partial charge is 0.176 e. The Balaban J connectivity index is 2.39. The minimum absolute atomic E-state index is 0.0626. The van der Waals surface area contributed by atoms with Crippen molar-refractivity contribution in [1.29, 1.82) is 0 Å². The molecule has 0 amide bonds. The summed E-state index contributed by atoms with van der Waals surface area (Å²) in [6.45, 7) is 1.41. The Bertz CT molecular complexity index is 341. The van der Waals surface area contributed by atoms with E-state index in [1.54, 1.807) is 0 Å². The lowest BCUT2D eigenvalue weighted by Crippen LogP contribution is -2.42. The molecule has 0 heterocycles. The number of nitrogens with two attached hydrogens (primary N) is 1. The van der Waals surface area contributed by atoms with Crippen LogP contribution in [0.2, 0.25) is 0 Å². The SMILES string of the molecule is COCC(=O)C(N)CN(C)Cc1ccccc1. The van der Waals surface area contributed by atoms with E-state index in [1.807, 2.05) is 30.1 Å². The molecular weight excluding hydrogens is 216 g/mol. The quantitative estimate of drug-likeness (QED) is 0.755. The Morgan fingerprint density at radius 2 is 2.06 bits per heavy atom. The molecule has 4 heteroatoms. The molecule has 1 unspecified atom stereocenters. The lowest BCUT2D eigenvalue weighted by atomic mass is 10.1. The van der Waals surface area contributed by atoms with Crippen molar-refractivity contribution in [1.82, 2.24) is 4.90 Å². The molecule has 0 aliphatic carbocycles. The van der Waals surface area contributed by atoms with Crippen LogP contribution < -0.4 is 5.73 Å². The molecule has 0 saturated heterocycles. The van der Waals surface area contributed by atoms with Gasteiger partial charge in [0.15, 0.2) is 5.78 Å². The van der Waals surface area contributed by atoms with Gasteiger partial charge in [0.1, 0.15) is 6.61 Å². The summed E-state index contributed by atoms with van der Waals surface area (Å²) in [6.07, 6.45) is 0. The molecule has 1 aromatic rings. The predicted octanol–water partition coefficient (Wildman–Crippen LogP) is 0.661. The molecular formula is C13H20N2O2. The molecule has 0 aliphatic heterocycles. The van der Waals surface area contributed by atoms with E-state index < -0.39 is 6.04 Å². The average Bonchev–Trinajstić information content (AvgIpc) is 2.30. The summed E-state index contributed by atoms with van der Waals surface area (Å²) < 4.78 is 4.78. The highest BCUT2D eigenvalue weighted by atomic mass is 16.5. The minimum Gasteiger partial charge on any atom is -0.377 e. The van der Waals surface area contributed by atoms with Gasteiger partial charge in [0.05, 0.1) is 6.04 Å². The van der Waals surface area contributed by atoms with Crippen molar-refractivity contribution in [2.24, 2.45) is 5.73 Å². The van der Waals surface area contributed by atoms with Gasteiger partial charge in [-0.1, -0.05) is 30.3 Å². The predicted molar refractivity (Wildman–Crippen MR) is 67.6 cm³/mol. The van der Waals surface area contributed by atoms with Crippen molar-refractivity contribution in [3.63, 3.8) is 0 Å². The summed E-state index contributed by atoms with van der Waals surface area (Å²) in [5.74, 6) is -0.0626. The number of hydrogen-bond acceptors (Lipinski definition) is 4. The third-order valence-corrected chi connectivity index (χ3v) is 2.50. The first-order valence-electron chi connectivity index (χ1n) is 5.63. The van der Waals surface area contributed by atoms with Crippen LogP contribution in [0.25, 0.3) is 0 Å². The van der Waals surface area contributed by atoms with E-state index >= 15 is 0 Å². The highest BCUT2D eigenvalue weighted by Crippen LogP contribution is 2.02. The van der Waals surface area contributed by atoms with Crippen LogP contribution in [0.5, 0.6) is 0 Å². The summed E-state index contributed by atoms with van der Waals surface area (Å²) in [7, 11) is 3.45. The van der Waals surface area contributed by atoms with Crippen LogP contribution in [0, 0.1) is 0 Å². The first-order chi connectivity index (χ1) is 8.13. The highest BCUT2D eigenvalue weighted by molar-refractivity contribution is 5.85. The topological polar surface area (TPSA) is 55.6 Å². The zero-order valence-corrected chi connectivity index (χ0v) is 10.4. The van der Waals surface area contributed by atoms with E-state index in [9.17, 15) is 4.79 Å². The first kappa shape index (κ1) is 13.8. The van der Waals surface area contributed by atoms with Gasteiger partial charge in [-0.2, -0.15) is 0 Å². The third-order valence-electron chi connectivity index (χ3n) is 2.50. The summed E-state index contributed by atoms with van der Waals surface area (Å²) in [6, 6.07) is 9.61. The van der Waals surface area contributed by atoms with Gasteiger partial charge < -0.3 is 15.4 Å². The number of methoxy groups -OCH3 is 1.